The summed E-state index contributed by atoms with van der Waals surface area (Å²) in [6.45, 7) is 11.4. The van der Waals surface area contributed by atoms with Crippen LogP contribution >= 0.6 is 0 Å². The molecule has 0 radical (unpaired) electrons. The molecule has 0 spiro atoms. The van der Waals surface area contributed by atoms with Crippen molar-refractivity contribution in [3.8, 4) is 89.5 Å². The highest BCUT2D eigenvalue weighted by Crippen LogP contribution is 2.30. The van der Waals surface area contributed by atoms with Gasteiger partial charge in [-0.3, -0.25) is 0 Å². The topological polar surface area (TPSA) is 15.5 Å². The van der Waals surface area contributed by atoms with E-state index in [1.165, 1.54) is 86.7 Å². The zero-order valence-corrected chi connectivity index (χ0v) is 53.6. The van der Waals surface area contributed by atoms with E-state index in [1.54, 1.807) is 25.1 Å². The zero-order chi connectivity index (χ0) is 67.4. The summed E-state index contributed by atoms with van der Waals surface area (Å²) in [6.07, 6.45) is 9.25. The van der Waals surface area contributed by atoms with E-state index >= 15 is 0 Å². The van der Waals surface area contributed by atoms with Crippen molar-refractivity contribution in [3.05, 3.63) is 312 Å². The summed E-state index contributed by atoms with van der Waals surface area (Å²) >= 11 is 0. The monoisotopic (exact) mass is 1200 g/mol. The van der Waals surface area contributed by atoms with Gasteiger partial charge in [0.05, 0.1) is 0 Å². The van der Waals surface area contributed by atoms with Crippen molar-refractivity contribution in [3.63, 3.8) is 0 Å². The fourth-order valence-corrected chi connectivity index (χ4v) is 11.3. The van der Waals surface area contributed by atoms with E-state index in [4.69, 9.17) is 5.48 Å². The summed E-state index contributed by atoms with van der Waals surface area (Å²) in [5, 5.41) is 0. The molecule has 0 saturated heterocycles. The molecular weight excluding hydrogens is 1110 g/mol. The first kappa shape index (κ1) is 59.1. The first-order valence-corrected chi connectivity index (χ1v) is 30.5. The second-order valence-electron chi connectivity index (χ2n) is 23.2. The maximum Gasteiger partial charge on any atom is 0.212 e. The molecular formula is C83H83F3N4+4. The van der Waals surface area contributed by atoms with Gasteiger partial charge >= 0.3 is 0 Å². The Bertz CT molecular complexity index is 4630. The Balaban J connectivity index is 0.000000148. The molecule has 452 valence electrons. The number of aryl methyl sites for hydroxylation is 10. The number of pyridine rings is 4. The summed E-state index contributed by atoms with van der Waals surface area (Å²) in [5.41, 5.74) is 25.2. The Hall–Kier alpha value is -9.85. The number of halogens is 3. The highest BCUT2D eigenvalue weighted by atomic mass is 19.1. The van der Waals surface area contributed by atoms with Gasteiger partial charge in [0, 0.05) is 74.3 Å². The van der Waals surface area contributed by atoms with Crippen LogP contribution in [-0.4, -0.2) is 0 Å². The molecule has 0 bridgehead atoms. The maximum atomic E-state index is 13.7. The predicted molar refractivity (Wildman–Crippen MR) is 365 cm³/mol. The van der Waals surface area contributed by atoms with Gasteiger partial charge in [-0.2, -0.15) is 0 Å². The van der Waals surface area contributed by atoms with Gasteiger partial charge in [-0.25, -0.2) is 31.4 Å². The predicted octanol–water partition coefficient (Wildman–Crippen LogP) is 19.1. The third-order valence-electron chi connectivity index (χ3n) is 16.4. The maximum absolute atomic E-state index is 13.7. The lowest BCUT2D eigenvalue weighted by Gasteiger charge is -2.09. The van der Waals surface area contributed by atoms with Crippen LogP contribution in [0.25, 0.3) is 89.5 Å². The molecule has 0 amide bonds. The van der Waals surface area contributed by atoms with Gasteiger partial charge in [0.2, 0.25) is 22.8 Å². The van der Waals surface area contributed by atoms with Crippen LogP contribution < -0.4 is 18.3 Å². The third kappa shape index (κ3) is 16.1. The molecule has 0 aliphatic carbocycles. The Morgan fingerprint density at radius 3 is 1.07 bits per heavy atom. The van der Waals surface area contributed by atoms with Crippen LogP contribution in [0.5, 0.6) is 0 Å². The standard InChI is InChI=1S/C23H26N.C21H21FN.C20H19FN.C19H17FN/c1-17(2)14-19-9-7-10-20(15-19)21-12-13-23(24(4)16-21)22-11-6-5-8-18(22)3;1-4-16-13-17(9-11-20(16)22)18-10-12-21(23(3)14-18)19-8-6-5-7-15(19)2;1-14-6-4-5-7-18(14)20-11-9-17(13-22(20)3)16-8-10-19(21)15(2)12-16;1-14-5-3-4-6-18(14)19-12-9-16(13-21(19)2)15-7-10-17(20)11-8-15/h5-13,15-17H,14H2,1-4H3;5-14H,4H2,1-3H3;4-13H,1-3H3;3-13H,1-2H3/q4*+1/i1D3,17D;;;. The van der Waals surface area contributed by atoms with Crippen LogP contribution in [0, 0.1) is 58.0 Å². The number of hydrogen-bond acceptors (Lipinski definition) is 0. The van der Waals surface area contributed by atoms with Gasteiger partial charge in [0.1, 0.15) is 45.6 Å². The van der Waals surface area contributed by atoms with Gasteiger partial charge in [0.15, 0.2) is 24.8 Å². The number of aromatic nitrogens is 4. The van der Waals surface area contributed by atoms with Crippen molar-refractivity contribution in [2.75, 3.05) is 0 Å². The highest BCUT2D eigenvalue weighted by molar-refractivity contribution is 5.70. The van der Waals surface area contributed by atoms with E-state index in [1.807, 2.05) is 94.8 Å². The largest absolute Gasteiger partial charge is 0.212 e. The van der Waals surface area contributed by atoms with E-state index in [0.29, 0.717) is 12.0 Å². The molecule has 12 aromatic rings. The summed E-state index contributed by atoms with van der Waals surface area (Å²) in [5.74, 6) is -2.01. The molecule has 0 fully saturated rings. The minimum absolute atomic E-state index is 0.128. The quantitative estimate of drug-likeness (QED) is 0.115. The van der Waals surface area contributed by atoms with Crippen molar-refractivity contribution >= 4 is 0 Å². The molecule has 4 heterocycles. The molecule has 0 N–H and O–H groups in total. The fourth-order valence-electron chi connectivity index (χ4n) is 11.3. The van der Waals surface area contributed by atoms with E-state index in [0.717, 1.165) is 61.3 Å². The fraction of sp³-hybridized carbons (Fsp3) is 0.181. The zero-order valence-electron chi connectivity index (χ0n) is 57.6. The first-order valence-electron chi connectivity index (χ1n) is 32.5. The molecule has 90 heavy (non-hydrogen) atoms. The molecule has 1 unspecified atom stereocenters. The van der Waals surface area contributed by atoms with Crippen LogP contribution in [0.15, 0.2) is 255 Å². The van der Waals surface area contributed by atoms with Crippen molar-refractivity contribution in [2.24, 2.45) is 34.1 Å². The highest BCUT2D eigenvalue weighted by Gasteiger charge is 2.18. The summed E-state index contributed by atoms with van der Waals surface area (Å²) < 4.78 is 79.6. The lowest BCUT2D eigenvalue weighted by atomic mass is 9.98. The van der Waals surface area contributed by atoms with E-state index in [-0.39, 0.29) is 23.9 Å². The molecule has 0 aliphatic heterocycles. The Morgan fingerprint density at radius 1 is 0.356 bits per heavy atom. The molecule has 8 aromatic carbocycles. The lowest BCUT2D eigenvalue weighted by Crippen LogP contribution is -2.30. The van der Waals surface area contributed by atoms with Gasteiger partial charge in [-0.15, -0.1) is 0 Å². The van der Waals surface area contributed by atoms with Crippen molar-refractivity contribution < 1.29 is 36.9 Å². The van der Waals surface area contributed by atoms with Crippen molar-refractivity contribution in [1.29, 1.82) is 0 Å². The van der Waals surface area contributed by atoms with E-state index in [2.05, 4.69) is 205 Å². The van der Waals surface area contributed by atoms with Gasteiger partial charge < -0.3 is 0 Å². The molecule has 7 heteroatoms. The minimum Gasteiger partial charge on any atom is -0.207 e. The number of benzene rings is 8. The van der Waals surface area contributed by atoms with Gasteiger partial charge in [-0.1, -0.05) is 142 Å². The van der Waals surface area contributed by atoms with Crippen molar-refractivity contribution in [1.82, 2.24) is 0 Å². The first-order chi connectivity index (χ1) is 44.9. The summed E-state index contributed by atoms with van der Waals surface area (Å²) in [4.78, 5) is 0. The van der Waals surface area contributed by atoms with Crippen LogP contribution in [0.1, 0.15) is 65.1 Å². The van der Waals surface area contributed by atoms with Gasteiger partial charge in [-0.05, 0) is 199 Å². The van der Waals surface area contributed by atoms with Crippen LogP contribution in [0.4, 0.5) is 13.2 Å². The molecule has 4 aromatic heterocycles. The molecule has 4 nitrogen and oxygen atoms in total. The molecule has 12 rings (SSSR count). The smallest absolute Gasteiger partial charge is 0.207 e. The summed E-state index contributed by atoms with van der Waals surface area (Å²) in [7, 11) is 8.16. The van der Waals surface area contributed by atoms with Crippen LogP contribution in [0.2, 0.25) is 0 Å². The Kier molecular flexibility index (Phi) is 19.6. The van der Waals surface area contributed by atoms with Gasteiger partial charge in [0.25, 0.3) is 0 Å². The number of hydrogen-bond donors (Lipinski definition) is 0. The normalized spacial score (nSPS) is 12.2. The third-order valence-corrected chi connectivity index (χ3v) is 16.4. The lowest BCUT2D eigenvalue weighted by molar-refractivity contribution is -0.660. The Morgan fingerprint density at radius 2 is 0.700 bits per heavy atom. The van der Waals surface area contributed by atoms with Crippen molar-refractivity contribution in [2.45, 2.75) is 68.2 Å². The second-order valence-corrected chi connectivity index (χ2v) is 23.2. The second kappa shape index (κ2) is 29.9. The average Bonchev–Trinajstić information content (AvgIpc) is 0.846. The minimum atomic E-state index is -2.31. The number of nitrogens with zero attached hydrogens (tertiary/aromatic N) is 4. The number of rotatable bonds is 11. The summed E-state index contributed by atoms with van der Waals surface area (Å²) in [6, 6.07) is 75.2. The average molecular weight is 1200 g/mol. The molecule has 1 atom stereocenters. The Labute approximate surface area is 537 Å². The van der Waals surface area contributed by atoms with Crippen LogP contribution in [0.3, 0.4) is 0 Å². The SMILES string of the molecule is CCc1cc(-c2ccc(-c3ccccc3C)[n+](C)c2)ccc1F.Cc1cc(-c2ccc(-c3ccccc3C)[n+](C)c2)ccc1F.Cc1ccccc1-c1ccc(-c2ccc(F)cc2)c[n+]1C.[2H]C([2H])([2H])C([2H])(C)Cc1cccc(-c2ccc(-c3ccccc3C)[n+](C)c2)c1. The molecule has 0 aliphatic rings. The van der Waals surface area contributed by atoms with E-state index in [9.17, 15) is 13.2 Å². The van der Waals surface area contributed by atoms with E-state index < -0.39 is 12.7 Å². The molecule has 0 saturated carbocycles. The van der Waals surface area contributed by atoms with Crippen LogP contribution in [-0.2, 0) is 41.0 Å².